The molecule has 5 unspecified atom stereocenters. The zero-order valence-corrected chi connectivity index (χ0v) is 23.7. The highest BCUT2D eigenvalue weighted by molar-refractivity contribution is 5.99. The van der Waals surface area contributed by atoms with Gasteiger partial charge in [0.15, 0.2) is 6.29 Å². The largest absolute Gasteiger partial charge is 0.459 e. The van der Waals surface area contributed by atoms with Crippen LogP contribution in [0.15, 0.2) is 0 Å². The molecule has 0 bridgehead atoms. The lowest BCUT2D eigenvalue weighted by Crippen LogP contribution is -2.53. The zero-order valence-electron chi connectivity index (χ0n) is 23.7. The SMILES string of the molecule is CC[C@H]1OC(=O)C(C)C(=O)C[C@@H](OC2CCCC(C)O2)[C@](C)(OC)C[C@@H](C)C(=O)C(C)C(C)[C@]1(C)O. The standard InChI is InChI=1S/C28H48O8/c1-10-22-28(8,32)20(6)18(4)25(30)16(2)15-27(7,33-9)23(14-21(29)19(5)26(31)36-22)35-24-13-11-12-17(3)34-24/h16-20,22-24,32H,10-15H2,1-9H3/t16-,17?,18?,19?,20?,22-,23-,24?,27-,28+/m1/s1. The second-order valence-corrected chi connectivity index (χ2v) is 11.5. The van der Waals surface area contributed by atoms with Crippen molar-refractivity contribution in [2.75, 3.05) is 7.11 Å². The maximum atomic E-state index is 13.5. The van der Waals surface area contributed by atoms with E-state index in [9.17, 15) is 19.5 Å². The maximum absolute atomic E-state index is 13.5. The van der Waals surface area contributed by atoms with Crippen LogP contribution in [0.3, 0.4) is 0 Å². The summed E-state index contributed by atoms with van der Waals surface area (Å²) in [6.45, 7) is 14.2. The van der Waals surface area contributed by atoms with Crippen molar-refractivity contribution in [1.29, 1.82) is 0 Å². The number of cyclic esters (lactones) is 1. The molecule has 2 aliphatic heterocycles. The Morgan fingerprint density at radius 1 is 1.06 bits per heavy atom. The van der Waals surface area contributed by atoms with Crippen molar-refractivity contribution in [3.05, 3.63) is 0 Å². The molecule has 0 spiro atoms. The zero-order chi connectivity index (χ0) is 27.4. The smallest absolute Gasteiger partial charge is 0.316 e. The average Bonchev–Trinajstić information content (AvgIpc) is 2.83. The third-order valence-electron chi connectivity index (χ3n) is 8.72. The molecule has 8 nitrogen and oxygen atoms in total. The molecule has 36 heavy (non-hydrogen) atoms. The van der Waals surface area contributed by atoms with Gasteiger partial charge in [-0.2, -0.15) is 0 Å². The number of ketones is 2. The number of methoxy groups -OCH3 is 1. The summed E-state index contributed by atoms with van der Waals surface area (Å²) in [7, 11) is 1.55. The molecule has 0 aromatic rings. The van der Waals surface area contributed by atoms with Crippen molar-refractivity contribution in [3.8, 4) is 0 Å². The minimum absolute atomic E-state index is 0.0229. The van der Waals surface area contributed by atoms with E-state index < -0.39 is 59.3 Å². The van der Waals surface area contributed by atoms with E-state index in [1.165, 1.54) is 6.92 Å². The number of ether oxygens (including phenoxy) is 4. The first-order valence-corrected chi connectivity index (χ1v) is 13.5. The van der Waals surface area contributed by atoms with E-state index >= 15 is 0 Å². The first-order chi connectivity index (χ1) is 16.7. The third kappa shape index (κ3) is 6.94. The van der Waals surface area contributed by atoms with E-state index in [1.807, 2.05) is 27.7 Å². The van der Waals surface area contributed by atoms with Crippen LogP contribution in [0.1, 0.15) is 93.9 Å². The molecule has 0 radical (unpaired) electrons. The van der Waals surface area contributed by atoms with Crippen molar-refractivity contribution in [2.24, 2.45) is 23.7 Å². The fraction of sp³-hybridized carbons (Fsp3) is 0.893. The highest BCUT2D eigenvalue weighted by Crippen LogP contribution is 2.37. The second kappa shape index (κ2) is 12.5. The van der Waals surface area contributed by atoms with Gasteiger partial charge in [-0.1, -0.05) is 27.7 Å². The van der Waals surface area contributed by atoms with E-state index in [-0.39, 0.29) is 24.1 Å². The van der Waals surface area contributed by atoms with Gasteiger partial charge >= 0.3 is 5.97 Å². The molecule has 0 aliphatic carbocycles. The van der Waals surface area contributed by atoms with Crippen molar-refractivity contribution in [3.63, 3.8) is 0 Å². The fourth-order valence-corrected chi connectivity index (χ4v) is 5.56. The van der Waals surface area contributed by atoms with Gasteiger partial charge in [0.1, 0.15) is 29.2 Å². The van der Waals surface area contributed by atoms with Crippen molar-refractivity contribution in [1.82, 2.24) is 0 Å². The van der Waals surface area contributed by atoms with E-state index in [2.05, 4.69) is 0 Å². The van der Waals surface area contributed by atoms with Crippen molar-refractivity contribution >= 4 is 17.5 Å². The molecule has 0 aromatic heterocycles. The van der Waals surface area contributed by atoms with Gasteiger partial charge in [0.25, 0.3) is 0 Å². The summed E-state index contributed by atoms with van der Waals surface area (Å²) in [5, 5.41) is 11.4. The minimum Gasteiger partial charge on any atom is -0.459 e. The summed E-state index contributed by atoms with van der Waals surface area (Å²) in [6, 6.07) is 0. The Kier molecular flexibility index (Phi) is 10.7. The normalized spacial score (nSPS) is 44.1. The lowest BCUT2D eigenvalue weighted by Gasteiger charge is -2.43. The Hall–Kier alpha value is -1.35. The van der Waals surface area contributed by atoms with Gasteiger partial charge < -0.3 is 24.1 Å². The molecular formula is C28H48O8. The summed E-state index contributed by atoms with van der Waals surface area (Å²) in [5.74, 6) is -3.50. The highest BCUT2D eigenvalue weighted by atomic mass is 16.7. The lowest BCUT2D eigenvalue weighted by molar-refractivity contribution is -0.247. The number of carbonyl (C=O) groups is 3. The molecular weight excluding hydrogens is 464 g/mol. The van der Waals surface area contributed by atoms with E-state index in [4.69, 9.17) is 18.9 Å². The second-order valence-electron chi connectivity index (χ2n) is 11.5. The Bertz CT molecular complexity index is 780. The summed E-state index contributed by atoms with van der Waals surface area (Å²) in [4.78, 5) is 39.9. The molecule has 1 N–H and O–H groups in total. The summed E-state index contributed by atoms with van der Waals surface area (Å²) in [6.07, 6.45) is 1.14. The average molecular weight is 513 g/mol. The van der Waals surface area contributed by atoms with Gasteiger partial charge in [-0.05, 0) is 65.7 Å². The van der Waals surface area contributed by atoms with Crippen LogP contribution in [-0.4, -0.2) is 65.6 Å². The summed E-state index contributed by atoms with van der Waals surface area (Å²) < 4.78 is 24.0. The van der Waals surface area contributed by atoms with Crippen LogP contribution in [0.2, 0.25) is 0 Å². The third-order valence-corrected chi connectivity index (χ3v) is 8.72. The van der Waals surface area contributed by atoms with Crippen LogP contribution < -0.4 is 0 Å². The lowest BCUT2D eigenvalue weighted by atomic mass is 9.72. The molecule has 2 fully saturated rings. The fourth-order valence-electron chi connectivity index (χ4n) is 5.56. The maximum Gasteiger partial charge on any atom is 0.316 e. The van der Waals surface area contributed by atoms with Gasteiger partial charge in [-0.25, -0.2) is 0 Å². The molecule has 2 saturated heterocycles. The predicted molar refractivity (Wildman–Crippen MR) is 135 cm³/mol. The Morgan fingerprint density at radius 2 is 1.69 bits per heavy atom. The van der Waals surface area contributed by atoms with Crippen LogP contribution in [0.5, 0.6) is 0 Å². The Balaban J connectivity index is 2.48. The van der Waals surface area contributed by atoms with Gasteiger partial charge in [0.05, 0.1) is 17.8 Å². The topological polar surface area (TPSA) is 108 Å². The van der Waals surface area contributed by atoms with E-state index in [1.54, 1.807) is 27.9 Å². The molecule has 0 amide bonds. The van der Waals surface area contributed by atoms with Crippen molar-refractivity contribution < 1.29 is 38.4 Å². The van der Waals surface area contributed by atoms with Crippen molar-refractivity contribution in [2.45, 2.75) is 130 Å². The Labute approximate surface area is 216 Å². The van der Waals surface area contributed by atoms with Crippen LogP contribution in [-0.2, 0) is 33.3 Å². The molecule has 10 atom stereocenters. The number of Topliss-reactive ketones (excluding diaryl/α,β-unsaturated/α-hetero) is 2. The van der Waals surface area contributed by atoms with Gasteiger partial charge in [0.2, 0.25) is 0 Å². The first-order valence-electron chi connectivity index (χ1n) is 13.5. The monoisotopic (exact) mass is 512 g/mol. The molecule has 0 saturated carbocycles. The van der Waals surface area contributed by atoms with E-state index in [0.717, 1.165) is 12.8 Å². The molecule has 2 aliphatic rings. The molecule has 8 heteroatoms. The van der Waals surface area contributed by atoms with Crippen LogP contribution in [0, 0.1) is 23.7 Å². The van der Waals surface area contributed by atoms with Gasteiger partial charge in [0, 0.05) is 25.4 Å². The van der Waals surface area contributed by atoms with E-state index in [0.29, 0.717) is 19.3 Å². The number of carbonyl (C=O) groups excluding carboxylic acids is 3. The number of hydrogen-bond donors (Lipinski definition) is 1. The molecule has 2 rings (SSSR count). The van der Waals surface area contributed by atoms with Crippen LogP contribution in [0.25, 0.3) is 0 Å². The van der Waals surface area contributed by atoms with Gasteiger partial charge in [-0.3, -0.25) is 14.4 Å². The number of hydrogen-bond acceptors (Lipinski definition) is 8. The molecule has 208 valence electrons. The minimum atomic E-state index is -1.45. The highest BCUT2D eigenvalue weighted by Gasteiger charge is 2.47. The summed E-state index contributed by atoms with van der Waals surface area (Å²) >= 11 is 0. The van der Waals surface area contributed by atoms with Gasteiger partial charge in [-0.15, -0.1) is 0 Å². The number of aliphatic hydroxyl groups is 1. The quantitative estimate of drug-likeness (QED) is 0.440. The number of esters is 1. The molecule has 0 aromatic carbocycles. The number of rotatable bonds is 4. The Morgan fingerprint density at radius 3 is 2.25 bits per heavy atom. The van der Waals surface area contributed by atoms with Crippen LogP contribution in [0.4, 0.5) is 0 Å². The first kappa shape index (κ1) is 30.9. The predicted octanol–water partition coefficient (Wildman–Crippen LogP) is 4.24. The summed E-state index contributed by atoms with van der Waals surface area (Å²) in [5.41, 5.74) is -2.43. The van der Waals surface area contributed by atoms with Crippen LogP contribution >= 0.6 is 0 Å². The molecule has 2 heterocycles.